The third-order valence-corrected chi connectivity index (χ3v) is 4.70. The largest absolute Gasteiger partial charge is 0.497 e. The van der Waals surface area contributed by atoms with Gasteiger partial charge in [0.15, 0.2) is 0 Å². The summed E-state index contributed by atoms with van der Waals surface area (Å²) in [5, 5.41) is 10.5. The van der Waals surface area contributed by atoms with E-state index in [2.05, 4.69) is 41.0 Å². The molecule has 1 heterocycles. The molecule has 1 saturated heterocycles. The van der Waals surface area contributed by atoms with Gasteiger partial charge in [0.2, 0.25) is 0 Å². The molecular weight excluding hydrogens is 300 g/mol. The number of ether oxygens (including phenoxy) is 1. The lowest BCUT2D eigenvalue weighted by atomic mass is 10.1. The van der Waals surface area contributed by atoms with Crippen molar-refractivity contribution in [2.45, 2.75) is 13.0 Å². The molecule has 2 aromatic carbocycles. The van der Waals surface area contributed by atoms with E-state index in [1.807, 2.05) is 24.3 Å². The summed E-state index contributed by atoms with van der Waals surface area (Å²) in [5.74, 6) is 0.817. The van der Waals surface area contributed by atoms with Crippen LogP contribution in [0.5, 0.6) is 5.75 Å². The lowest BCUT2D eigenvalue weighted by molar-refractivity contribution is 0.109. The molecule has 0 aliphatic carbocycles. The first-order valence-corrected chi connectivity index (χ1v) is 8.51. The summed E-state index contributed by atoms with van der Waals surface area (Å²) < 4.78 is 5.16. The molecule has 3 rings (SSSR count). The highest BCUT2D eigenvalue weighted by Gasteiger charge is 2.20. The van der Waals surface area contributed by atoms with Gasteiger partial charge in [0, 0.05) is 38.4 Å². The first-order valence-electron chi connectivity index (χ1n) is 8.51. The quantitative estimate of drug-likeness (QED) is 0.916. The van der Waals surface area contributed by atoms with Gasteiger partial charge in [-0.3, -0.25) is 4.90 Å². The van der Waals surface area contributed by atoms with Gasteiger partial charge in [-0.25, -0.2) is 0 Å². The number of piperazine rings is 1. The van der Waals surface area contributed by atoms with Crippen molar-refractivity contribution < 1.29 is 9.84 Å². The second-order valence-corrected chi connectivity index (χ2v) is 6.41. The van der Waals surface area contributed by atoms with Crippen molar-refractivity contribution in [3.05, 3.63) is 59.7 Å². The zero-order valence-electron chi connectivity index (χ0n) is 14.5. The van der Waals surface area contributed by atoms with Gasteiger partial charge in [-0.15, -0.1) is 0 Å². The van der Waals surface area contributed by atoms with Crippen LogP contribution >= 0.6 is 0 Å². The zero-order valence-corrected chi connectivity index (χ0v) is 14.5. The van der Waals surface area contributed by atoms with Crippen LogP contribution in [-0.2, 0) is 0 Å². The van der Waals surface area contributed by atoms with E-state index in [9.17, 15) is 5.11 Å². The molecule has 1 N–H and O–H groups in total. The minimum atomic E-state index is -0.457. The standard InChI is InChI=1S/C20H26N2O2/c1-16-3-7-18(8-4-16)22-13-11-21(12-14-22)15-20(23)17-5-9-19(24-2)10-6-17/h3-10,20,23H,11-15H2,1-2H3/t20-/m0/s1. The summed E-state index contributed by atoms with van der Waals surface area (Å²) in [4.78, 5) is 4.75. The molecule has 128 valence electrons. The summed E-state index contributed by atoms with van der Waals surface area (Å²) in [7, 11) is 1.65. The van der Waals surface area contributed by atoms with E-state index in [-0.39, 0.29) is 0 Å². The average Bonchev–Trinajstić information content (AvgIpc) is 2.63. The number of anilines is 1. The molecule has 24 heavy (non-hydrogen) atoms. The third kappa shape index (κ3) is 4.08. The number of hydrogen-bond donors (Lipinski definition) is 1. The summed E-state index contributed by atoms with van der Waals surface area (Å²) >= 11 is 0. The Hall–Kier alpha value is -2.04. The molecule has 1 aliphatic heterocycles. The normalized spacial score (nSPS) is 16.9. The summed E-state index contributed by atoms with van der Waals surface area (Å²) in [6, 6.07) is 16.4. The monoisotopic (exact) mass is 326 g/mol. The molecule has 0 aromatic heterocycles. The molecule has 4 nitrogen and oxygen atoms in total. The molecule has 4 heteroatoms. The molecule has 0 bridgehead atoms. The maximum absolute atomic E-state index is 10.5. The lowest BCUT2D eigenvalue weighted by Gasteiger charge is -2.37. The highest BCUT2D eigenvalue weighted by atomic mass is 16.5. The number of β-amino-alcohol motifs (C(OH)–C–C–N with tert-alkyl or cyclic N) is 1. The maximum Gasteiger partial charge on any atom is 0.118 e. The second kappa shape index (κ2) is 7.69. The first-order chi connectivity index (χ1) is 11.7. The Bertz CT molecular complexity index is 632. The van der Waals surface area contributed by atoms with Crippen LogP contribution in [0, 0.1) is 6.92 Å². The van der Waals surface area contributed by atoms with Gasteiger partial charge in [0.05, 0.1) is 13.2 Å². The van der Waals surface area contributed by atoms with Crippen LogP contribution in [0.3, 0.4) is 0 Å². The van der Waals surface area contributed by atoms with Gasteiger partial charge in [-0.05, 0) is 36.8 Å². The second-order valence-electron chi connectivity index (χ2n) is 6.41. The Morgan fingerprint density at radius 2 is 1.58 bits per heavy atom. The van der Waals surface area contributed by atoms with E-state index in [1.54, 1.807) is 7.11 Å². The predicted octanol–water partition coefficient (Wildman–Crippen LogP) is 2.86. The fraction of sp³-hybridized carbons (Fsp3) is 0.400. The van der Waals surface area contributed by atoms with Gasteiger partial charge in [0.1, 0.15) is 5.75 Å². The Morgan fingerprint density at radius 1 is 0.958 bits per heavy atom. The van der Waals surface area contributed by atoms with Crippen LogP contribution in [0.15, 0.2) is 48.5 Å². The molecule has 1 fully saturated rings. The number of hydrogen-bond acceptors (Lipinski definition) is 4. The van der Waals surface area contributed by atoms with E-state index < -0.39 is 6.10 Å². The van der Waals surface area contributed by atoms with E-state index >= 15 is 0 Å². The first kappa shape index (κ1) is 16.8. The van der Waals surface area contributed by atoms with Crippen LogP contribution in [0.1, 0.15) is 17.2 Å². The molecule has 0 amide bonds. The van der Waals surface area contributed by atoms with Crippen LogP contribution in [0.2, 0.25) is 0 Å². The maximum atomic E-state index is 10.5. The Balaban J connectivity index is 1.51. The minimum absolute atomic E-state index is 0.457. The van der Waals surface area contributed by atoms with Crippen LogP contribution < -0.4 is 9.64 Å². The Kier molecular flexibility index (Phi) is 5.38. The average molecular weight is 326 g/mol. The number of aliphatic hydroxyl groups is 1. The van der Waals surface area contributed by atoms with Crippen molar-refractivity contribution in [2.24, 2.45) is 0 Å². The van der Waals surface area contributed by atoms with Crippen molar-refractivity contribution >= 4 is 5.69 Å². The number of benzene rings is 2. The van der Waals surface area contributed by atoms with Gasteiger partial charge < -0.3 is 14.7 Å². The number of aryl methyl sites for hydroxylation is 1. The summed E-state index contributed by atoms with van der Waals surface area (Å²) in [5.41, 5.74) is 3.52. The highest BCUT2D eigenvalue weighted by Crippen LogP contribution is 2.21. The Labute approximate surface area is 144 Å². The van der Waals surface area contributed by atoms with Crippen LogP contribution in [-0.4, -0.2) is 49.8 Å². The van der Waals surface area contributed by atoms with Crippen molar-refractivity contribution in [3.8, 4) is 5.75 Å². The SMILES string of the molecule is COc1ccc([C@@H](O)CN2CCN(c3ccc(C)cc3)CC2)cc1. The molecule has 0 radical (unpaired) electrons. The van der Waals surface area contributed by atoms with Crippen LogP contribution in [0.4, 0.5) is 5.69 Å². The molecule has 0 unspecified atom stereocenters. The zero-order chi connectivity index (χ0) is 16.9. The van der Waals surface area contributed by atoms with E-state index in [0.717, 1.165) is 37.5 Å². The summed E-state index contributed by atoms with van der Waals surface area (Å²) in [6.07, 6.45) is -0.457. The van der Waals surface area contributed by atoms with Gasteiger partial charge in [0.25, 0.3) is 0 Å². The molecular formula is C20H26N2O2. The topological polar surface area (TPSA) is 35.9 Å². The summed E-state index contributed by atoms with van der Waals surface area (Å²) in [6.45, 7) is 6.73. The molecule has 0 saturated carbocycles. The van der Waals surface area contributed by atoms with Gasteiger partial charge >= 0.3 is 0 Å². The van der Waals surface area contributed by atoms with E-state index in [0.29, 0.717) is 6.54 Å². The van der Waals surface area contributed by atoms with E-state index in [4.69, 9.17) is 4.74 Å². The number of rotatable bonds is 5. The van der Waals surface area contributed by atoms with Crippen LogP contribution in [0.25, 0.3) is 0 Å². The highest BCUT2D eigenvalue weighted by molar-refractivity contribution is 5.47. The van der Waals surface area contributed by atoms with Crippen molar-refractivity contribution in [2.75, 3.05) is 44.7 Å². The number of methoxy groups -OCH3 is 1. The molecule has 0 spiro atoms. The van der Waals surface area contributed by atoms with E-state index in [1.165, 1.54) is 11.3 Å². The fourth-order valence-corrected chi connectivity index (χ4v) is 3.12. The van der Waals surface area contributed by atoms with Crippen molar-refractivity contribution in [1.29, 1.82) is 0 Å². The molecule has 1 atom stereocenters. The molecule has 1 aliphatic rings. The fourth-order valence-electron chi connectivity index (χ4n) is 3.12. The molecule has 2 aromatic rings. The number of nitrogens with zero attached hydrogens (tertiary/aromatic N) is 2. The minimum Gasteiger partial charge on any atom is -0.497 e. The van der Waals surface area contributed by atoms with Crippen molar-refractivity contribution in [1.82, 2.24) is 4.90 Å². The third-order valence-electron chi connectivity index (χ3n) is 4.70. The predicted molar refractivity (Wildman–Crippen MR) is 97.8 cm³/mol. The van der Waals surface area contributed by atoms with Gasteiger partial charge in [-0.2, -0.15) is 0 Å². The van der Waals surface area contributed by atoms with Crippen molar-refractivity contribution in [3.63, 3.8) is 0 Å². The van der Waals surface area contributed by atoms with Gasteiger partial charge in [-0.1, -0.05) is 29.8 Å². The Morgan fingerprint density at radius 3 is 2.17 bits per heavy atom. The number of aliphatic hydroxyl groups excluding tert-OH is 1. The lowest BCUT2D eigenvalue weighted by Crippen LogP contribution is -2.47. The smallest absolute Gasteiger partial charge is 0.118 e.